The minimum absolute atomic E-state index is 0.0831. The second-order valence-corrected chi connectivity index (χ2v) is 9.43. The van der Waals surface area contributed by atoms with Gasteiger partial charge in [0.2, 0.25) is 11.8 Å². The summed E-state index contributed by atoms with van der Waals surface area (Å²) in [4.78, 5) is 29.9. The van der Waals surface area contributed by atoms with E-state index < -0.39 is 6.04 Å². The molecule has 0 aliphatic heterocycles. The third-order valence-corrected chi connectivity index (χ3v) is 6.98. The van der Waals surface area contributed by atoms with E-state index in [0.29, 0.717) is 43.2 Å². The molecule has 8 heteroatoms. The van der Waals surface area contributed by atoms with Crippen molar-refractivity contribution >= 4 is 23.2 Å². The standard InChI is InChI=1S/C26H36N2O5S/c1-4-33-15-8-14-28(24(29)18-21-11-7-16-34-21)25(26(30)27-20-9-5-6-10-20)19-12-13-22(31-2)23(17-19)32-3/h7,11-13,16-17,20,25H,4-6,8-10,14-15,18H2,1-3H3,(H,27,30)/t25-/m1/s1. The van der Waals surface area contributed by atoms with Gasteiger partial charge in [0, 0.05) is 30.7 Å². The molecule has 2 aromatic rings. The van der Waals surface area contributed by atoms with E-state index in [2.05, 4.69) is 5.32 Å². The van der Waals surface area contributed by atoms with Crippen molar-refractivity contribution in [3.63, 3.8) is 0 Å². The third-order valence-electron chi connectivity index (χ3n) is 6.10. The Kier molecular flexibility index (Phi) is 10.2. The number of methoxy groups -OCH3 is 2. The summed E-state index contributed by atoms with van der Waals surface area (Å²) in [7, 11) is 3.14. The topological polar surface area (TPSA) is 77.1 Å². The van der Waals surface area contributed by atoms with Gasteiger partial charge in [-0.25, -0.2) is 0 Å². The molecule has 34 heavy (non-hydrogen) atoms. The maximum atomic E-state index is 13.7. The Morgan fingerprint density at radius 1 is 1.15 bits per heavy atom. The van der Waals surface area contributed by atoms with Crippen LogP contribution in [-0.4, -0.2) is 56.7 Å². The fourth-order valence-corrected chi connectivity index (χ4v) is 5.08. The quantitative estimate of drug-likeness (QED) is 0.424. The zero-order valence-corrected chi connectivity index (χ0v) is 21.2. The first-order chi connectivity index (χ1) is 16.6. The number of ether oxygens (including phenoxy) is 3. The largest absolute Gasteiger partial charge is 0.493 e. The molecule has 1 N–H and O–H groups in total. The lowest BCUT2D eigenvalue weighted by atomic mass is 10.0. The molecule has 0 bridgehead atoms. The van der Waals surface area contributed by atoms with Crippen LogP contribution in [0.1, 0.15) is 55.5 Å². The maximum Gasteiger partial charge on any atom is 0.247 e. The van der Waals surface area contributed by atoms with E-state index >= 15 is 0 Å². The van der Waals surface area contributed by atoms with Crippen LogP contribution in [0.4, 0.5) is 0 Å². The Balaban J connectivity index is 1.94. The molecule has 1 fully saturated rings. The predicted molar refractivity (Wildman–Crippen MR) is 134 cm³/mol. The number of carbonyl (C=O) groups is 2. The summed E-state index contributed by atoms with van der Waals surface area (Å²) in [5.41, 5.74) is 0.698. The van der Waals surface area contributed by atoms with Gasteiger partial charge in [-0.3, -0.25) is 9.59 Å². The van der Waals surface area contributed by atoms with Crippen molar-refractivity contribution < 1.29 is 23.8 Å². The van der Waals surface area contributed by atoms with Crippen LogP contribution >= 0.6 is 11.3 Å². The van der Waals surface area contributed by atoms with E-state index in [1.54, 1.807) is 42.6 Å². The van der Waals surface area contributed by atoms with Crippen LogP contribution in [0.25, 0.3) is 0 Å². The highest BCUT2D eigenvalue weighted by molar-refractivity contribution is 7.10. The molecule has 0 unspecified atom stereocenters. The summed E-state index contributed by atoms with van der Waals surface area (Å²) in [6, 6.07) is 8.69. The molecular weight excluding hydrogens is 452 g/mol. The number of hydrogen-bond donors (Lipinski definition) is 1. The lowest BCUT2D eigenvalue weighted by Crippen LogP contribution is -2.47. The first-order valence-electron chi connectivity index (χ1n) is 12.0. The molecule has 186 valence electrons. The molecule has 1 aliphatic rings. The van der Waals surface area contributed by atoms with Crippen molar-refractivity contribution in [2.45, 2.75) is 57.5 Å². The van der Waals surface area contributed by atoms with E-state index in [0.717, 1.165) is 30.6 Å². The molecular formula is C26H36N2O5S. The van der Waals surface area contributed by atoms with E-state index in [1.165, 1.54) is 0 Å². The number of hydrogen-bond acceptors (Lipinski definition) is 6. The highest BCUT2D eigenvalue weighted by Crippen LogP contribution is 2.33. The van der Waals surface area contributed by atoms with Crippen LogP contribution in [0.2, 0.25) is 0 Å². The molecule has 0 saturated heterocycles. The molecule has 3 rings (SSSR count). The third kappa shape index (κ3) is 6.96. The number of nitrogens with zero attached hydrogens (tertiary/aromatic N) is 1. The van der Waals surface area contributed by atoms with Crippen molar-refractivity contribution in [1.82, 2.24) is 10.2 Å². The maximum absolute atomic E-state index is 13.7. The van der Waals surface area contributed by atoms with Crippen molar-refractivity contribution in [2.24, 2.45) is 0 Å². The zero-order valence-electron chi connectivity index (χ0n) is 20.4. The molecule has 1 heterocycles. The van der Waals surface area contributed by atoms with Crippen LogP contribution in [0, 0.1) is 0 Å². The number of carbonyl (C=O) groups excluding carboxylic acids is 2. The fraction of sp³-hybridized carbons (Fsp3) is 0.538. The van der Waals surface area contributed by atoms with Crippen LogP contribution in [-0.2, 0) is 20.7 Å². The van der Waals surface area contributed by atoms with Gasteiger partial charge in [0.25, 0.3) is 0 Å². The Labute approximate surface area is 206 Å². The van der Waals surface area contributed by atoms with Crippen molar-refractivity contribution in [1.29, 1.82) is 0 Å². The highest BCUT2D eigenvalue weighted by atomic mass is 32.1. The van der Waals surface area contributed by atoms with Gasteiger partial charge < -0.3 is 24.4 Å². The van der Waals surface area contributed by atoms with Crippen LogP contribution < -0.4 is 14.8 Å². The fourth-order valence-electron chi connectivity index (χ4n) is 4.39. The molecule has 1 saturated carbocycles. The highest BCUT2D eigenvalue weighted by Gasteiger charge is 2.33. The number of nitrogens with one attached hydrogen (secondary N) is 1. The van der Waals surface area contributed by atoms with Crippen LogP contribution in [0.3, 0.4) is 0 Å². The van der Waals surface area contributed by atoms with Gasteiger partial charge in [-0.15, -0.1) is 11.3 Å². The minimum atomic E-state index is -0.769. The second kappa shape index (κ2) is 13.3. The van der Waals surface area contributed by atoms with Gasteiger partial charge in [0.15, 0.2) is 11.5 Å². The number of amides is 2. The normalized spacial score (nSPS) is 14.6. The van der Waals surface area contributed by atoms with Crippen LogP contribution in [0.15, 0.2) is 35.7 Å². The molecule has 2 amide bonds. The van der Waals surface area contributed by atoms with Gasteiger partial charge in [0.05, 0.1) is 20.6 Å². The molecule has 1 aromatic carbocycles. The van der Waals surface area contributed by atoms with Gasteiger partial charge in [0.1, 0.15) is 6.04 Å². The smallest absolute Gasteiger partial charge is 0.247 e. The molecule has 1 aliphatic carbocycles. The van der Waals surface area contributed by atoms with Gasteiger partial charge >= 0.3 is 0 Å². The SMILES string of the molecule is CCOCCCN(C(=O)Cc1cccs1)[C@@H](C(=O)NC1CCCC1)c1ccc(OC)c(OC)c1. The summed E-state index contributed by atoms with van der Waals surface area (Å²) in [6.07, 6.45) is 5.07. The Morgan fingerprint density at radius 2 is 1.91 bits per heavy atom. The van der Waals surface area contributed by atoms with Crippen LogP contribution in [0.5, 0.6) is 11.5 Å². The minimum Gasteiger partial charge on any atom is -0.493 e. The van der Waals surface area contributed by atoms with E-state index in [9.17, 15) is 9.59 Å². The average molecular weight is 489 g/mol. The molecule has 0 radical (unpaired) electrons. The first-order valence-corrected chi connectivity index (χ1v) is 12.9. The Morgan fingerprint density at radius 3 is 2.56 bits per heavy atom. The first kappa shape index (κ1) is 26.0. The predicted octanol–water partition coefficient (Wildman–Crippen LogP) is 4.36. The lowest BCUT2D eigenvalue weighted by Gasteiger charge is -2.32. The van der Waals surface area contributed by atoms with Crippen molar-refractivity contribution in [3.8, 4) is 11.5 Å². The number of thiophene rings is 1. The zero-order chi connectivity index (χ0) is 24.3. The van der Waals surface area contributed by atoms with E-state index in [-0.39, 0.29) is 24.3 Å². The van der Waals surface area contributed by atoms with Gasteiger partial charge in [-0.2, -0.15) is 0 Å². The summed E-state index contributed by atoms with van der Waals surface area (Å²) in [6.45, 7) is 3.51. The van der Waals surface area contributed by atoms with E-state index in [4.69, 9.17) is 14.2 Å². The average Bonchev–Trinajstić information content (AvgIpc) is 3.55. The summed E-state index contributed by atoms with van der Waals surface area (Å²) < 4.78 is 16.4. The molecule has 0 spiro atoms. The number of benzene rings is 1. The Bertz CT molecular complexity index is 912. The van der Waals surface area contributed by atoms with Crippen molar-refractivity contribution in [2.75, 3.05) is 34.0 Å². The monoisotopic (exact) mass is 488 g/mol. The Hall–Kier alpha value is -2.58. The molecule has 7 nitrogen and oxygen atoms in total. The second-order valence-electron chi connectivity index (χ2n) is 8.40. The molecule has 1 atom stereocenters. The molecule has 1 aromatic heterocycles. The summed E-state index contributed by atoms with van der Waals surface area (Å²) in [5, 5.41) is 5.16. The lowest BCUT2D eigenvalue weighted by molar-refractivity contribution is -0.141. The number of rotatable bonds is 13. The van der Waals surface area contributed by atoms with Gasteiger partial charge in [-0.1, -0.05) is 25.0 Å². The van der Waals surface area contributed by atoms with Gasteiger partial charge in [-0.05, 0) is 55.3 Å². The summed E-state index contributed by atoms with van der Waals surface area (Å²) in [5.74, 6) is 0.864. The van der Waals surface area contributed by atoms with E-state index in [1.807, 2.05) is 30.5 Å². The summed E-state index contributed by atoms with van der Waals surface area (Å²) >= 11 is 1.54. The van der Waals surface area contributed by atoms with Crippen molar-refractivity contribution in [3.05, 3.63) is 46.2 Å².